The van der Waals surface area contributed by atoms with Crippen LogP contribution in [0.2, 0.25) is 0 Å². The molecular formula is C12H9NO4. The van der Waals surface area contributed by atoms with Crippen molar-refractivity contribution in [2.75, 3.05) is 4.90 Å². The summed E-state index contributed by atoms with van der Waals surface area (Å²) in [6.07, 6.45) is 0. The number of aliphatic hydroxyl groups excluding tert-OH is 1. The van der Waals surface area contributed by atoms with Gasteiger partial charge in [0.2, 0.25) is 0 Å². The van der Waals surface area contributed by atoms with Crippen molar-refractivity contribution in [2.45, 2.75) is 6.92 Å². The summed E-state index contributed by atoms with van der Waals surface area (Å²) < 4.78 is 0. The summed E-state index contributed by atoms with van der Waals surface area (Å²) in [7, 11) is 0. The van der Waals surface area contributed by atoms with Crippen molar-refractivity contribution in [3.8, 4) is 0 Å². The van der Waals surface area contributed by atoms with Crippen LogP contribution < -0.4 is 4.90 Å². The minimum atomic E-state index is -0.869. The SMILES string of the molecule is CC(=O)C1=C(O)C(=O)N(c2ccccc2)C1=O. The Morgan fingerprint density at radius 2 is 1.71 bits per heavy atom. The molecule has 1 N–H and O–H groups in total. The van der Waals surface area contributed by atoms with Crippen LogP contribution >= 0.6 is 0 Å². The summed E-state index contributed by atoms with van der Waals surface area (Å²) in [6, 6.07) is 8.13. The lowest BCUT2D eigenvalue weighted by molar-refractivity contribution is -0.122. The molecule has 0 spiro atoms. The first-order chi connectivity index (χ1) is 8.04. The average Bonchev–Trinajstić information content (AvgIpc) is 2.51. The number of hydrogen-bond acceptors (Lipinski definition) is 4. The number of Topliss-reactive ketones (excluding diaryl/α,β-unsaturated/α-hetero) is 1. The maximum atomic E-state index is 11.8. The fraction of sp³-hybridized carbons (Fsp3) is 0.0833. The van der Waals surface area contributed by atoms with Crippen molar-refractivity contribution in [3.05, 3.63) is 41.7 Å². The van der Waals surface area contributed by atoms with Gasteiger partial charge in [0.1, 0.15) is 5.57 Å². The number of para-hydroxylation sites is 1. The third-order valence-electron chi connectivity index (χ3n) is 2.43. The molecule has 1 aromatic rings. The number of nitrogens with zero attached hydrogens (tertiary/aromatic N) is 1. The highest BCUT2D eigenvalue weighted by atomic mass is 16.3. The second-order valence-corrected chi connectivity index (χ2v) is 3.56. The number of carbonyl (C=O) groups is 3. The summed E-state index contributed by atoms with van der Waals surface area (Å²) in [5.41, 5.74) is -0.135. The number of ketones is 1. The van der Waals surface area contributed by atoms with Gasteiger partial charge >= 0.3 is 5.91 Å². The highest BCUT2D eigenvalue weighted by molar-refractivity contribution is 6.40. The van der Waals surface area contributed by atoms with E-state index in [1.807, 2.05) is 0 Å². The Bertz CT molecular complexity index is 545. The lowest BCUT2D eigenvalue weighted by Crippen LogP contribution is -2.32. The number of imide groups is 1. The van der Waals surface area contributed by atoms with Crippen molar-refractivity contribution in [3.63, 3.8) is 0 Å². The zero-order chi connectivity index (χ0) is 12.6. The smallest absolute Gasteiger partial charge is 0.301 e. The molecule has 0 saturated heterocycles. The van der Waals surface area contributed by atoms with Gasteiger partial charge in [-0.05, 0) is 19.1 Å². The summed E-state index contributed by atoms with van der Waals surface area (Å²) in [5.74, 6) is -3.07. The summed E-state index contributed by atoms with van der Waals surface area (Å²) in [5, 5.41) is 9.48. The molecule has 2 amide bonds. The van der Waals surface area contributed by atoms with Gasteiger partial charge in [0.25, 0.3) is 5.91 Å². The van der Waals surface area contributed by atoms with Crippen molar-refractivity contribution in [1.29, 1.82) is 0 Å². The van der Waals surface area contributed by atoms with Gasteiger partial charge < -0.3 is 5.11 Å². The van der Waals surface area contributed by atoms with E-state index in [9.17, 15) is 19.5 Å². The monoisotopic (exact) mass is 231 g/mol. The van der Waals surface area contributed by atoms with Crippen LogP contribution in [-0.4, -0.2) is 22.7 Å². The first-order valence-corrected chi connectivity index (χ1v) is 4.92. The first-order valence-electron chi connectivity index (χ1n) is 4.92. The molecule has 2 rings (SSSR count). The largest absolute Gasteiger partial charge is 0.502 e. The molecule has 0 aliphatic carbocycles. The highest BCUT2D eigenvalue weighted by Gasteiger charge is 2.41. The third-order valence-corrected chi connectivity index (χ3v) is 2.43. The van der Waals surface area contributed by atoms with Gasteiger partial charge in [-0.25, -0.2) is 4.90 Å². The number of aliphatic hydroxyl groups is 1. The Balaban J connectivity index is 2.48. The van der Waals surface area contributed by atoms with Crippen LogP contribution in [0.3, 0.4) is 0 Å². The standard InChI is InChI=1S/C12H9NO4/c1-7(14)9-10(15)12(17)13(11(9)16)8-5-3-2-4-6-8/h2-6,15H,1H3. The highest BCUT2D eigenvalue weighted by Crippen LogP contribution is 2.25. The molecule has 0 saturated carbocycles. The van der Waals surface area contributed by atoms with Gasteiger partial charge in [-0.3, -0.25) is 14.4 Å². The van der Waals surface area contributed by atoms with Crippen molar-refractivity contribution >= 4 is 23.3 Å². The van der Waals surface area contributed by atoms with E-state index in [-0.39, 0.29) is 0 Å². The first kappa shape index (κ1) is 11.1. The maximum Gasteiger partial charge on any atom is 0.301 e. The van der Waals surface area contributed by atoms with Crippen molar-refractivity contribution in [2.24, 2.45) is 0 Å². The van der Waals surface area contributed by atoms with Crippen LogP contribution in [0.15, 0.2) is 41.7 Å². The zero-order valence-electron chi connectivity index (χ0n) is 9.01. The number of benzene rings is 1. The molecule has 0 fully saturated rings. The normalized spacial score (nSPS) is 15.7. The van der Waals surface area contributed by atoms with E-state index >= 15 is 0 Å². The Hall–Kier alpha value is -2.43. The fourth-order valence-electron chi connectivity index (χ4n) is 1.65. The van der Waals surface area contributed by atoms with E-state index in [4.69, 9.17) is 0 Å². The van der Waals surface area contributed by atoms with Crippen molar-refractivity contribution in [1.82, 2.24) is 0 Å². The lowest BCUT2D eigenvalue weighted by Gasteiger charge is -2.13. The number of hydrogen-bond donors (Lipinski definition) is 1. The molecule has 17 heavy (non-hydrogen) atoms. The van der Waals surface area contributed by atoms with Gasteiger partial charge in [-0.15, -0.1) is 0 Å². The molecule has 0 bridgehead atoms. The number of carbonyl (C=O) groups excluding carboxylic acids is 3. The summed E-state index contributed by atoms with van der Waals surface area (Å²) >= 11 is 0. The van der Waals surface area contributed by atoms with Gasteiger partial charge in [0, 0.05) is 0 Å². The van der Waals surface area contributed by atoms with Gasteiger partial charge in [-0.1, -0.05) is 18.2 Å². The predicted molar refractivity (Wildman–Crippen MR) is 59.3 cm³/mol. The topological polar surface area (TPSA) is 74.7 Å². The molecular weight excluding hydrogens is 222 g/mol. The fourth-order valence-corrected chi connectivity index (χ4v) is 1.65. The molecule has 5 heteroatoms. The van der Waals surface area contributed by atoms with Gasteiger partial charge in [0.05, 0.1) is 5.69 Å². The van der Waals surface area contributed by atoms with Crippen LogP contribution in [-0.2, 0) is 14.4 Å². The molecule has 0 radical (unpaired) electrons. The van der Waals surface area contributed by atoms with E-state index < -0.39 is 28.9 Å². The van der Waals surface area contributed by atoms with E-state index in [2.05, 4.69) is 0 Å². The summed E-state index contributed by atoms with van der Waals surface area (Å²) in [6.45, 7) is 1.13. The number of rotatable bonds is 2. The third kappa shape index (κ3) is 1.61. The van der Waals surface area contributed by atoms with Crippen LogP contribution in [0.25, 0.3) is 0 Å². The average molecular weight is 231 g/mol. The second kappa shape index (κ2) is 3.86. The van der Waals surface area contributed by atoms with Crippen molar-refractivity contribution < 1.29 is 19.5 Å². The zero-order valence-corrected chi connectivity index (χ0v) is 9.01. The van der Waals surface area contributed by atoms with Gasteiger partial charge in [-0.2, -0.15) is 0 Å². The van der Waals surface area contributed by atoms with Crippen LogP contribution in [0.5, 0.6) is 0 Å². The predicted octanol–water partition coefficient (Wildman–Crippen LogP) is 0.961. The molecule has 86 valence electrons. The lowest BCUT2D eigenvalue weighted by atomic mass is 10.2. The quantitative estimate of drug-likeness (QED) is 0.607. The van der Waals surface area contributed by atoms with E-state index in [1.165, 1.54) is 0 Å². The molecule has 1 aliphatic rings. The number of anilines is 1. The minimum Gasteiger partial charge on any atom is -0.502 e. The number of amides is 2. The van der Waals surface area contributed by atoms with Crippen LogP contribution in [0, 0.1) is 0 Å². The Kier molecular flexibility index (Phi) is 2.51. The minimum absolute atomic E-state index is 0.324. The maximum absolute atomic E-state index is 11.8. The molecule has 0 unspecified atom stereocenters. The van der Waals surface area contributed by atoms with Gasteiger partial charge in [0.15, 0.2) is 11.5 Å². The van der Waals surface area contributed by atoms with Crippen LogP contribution in [0.4, 0.5) is 5.69 Å². The molecule has 1 aromatic carbocycles. The molecule has 1 aliphatic heterocycles. The van der Waals surface area contributed by atoms with E-state index in [0.29, 0.717) is 5.69 Å². The molecule has 0 aromatic heterocycles. The van der Waals surface area contributed by atoms with E-state index in [0.717, 1.165) is 11.8 Å². The van der Waals surface area contributed by atoms with Crippen LogP contribution in [0.1, 0.15) is 6.92 Å². The molecule has 5 nitrogen and oxygen atoms in total. The molecule has 0 atom stereocenters. The Morgan fingerprint density at radius 3 is 2.18 bits per heavy atom. The molecule has 1 heterocycles. The Morgan fingerprint density at radius 1 is 1.12 bits per heavy atom. The Labute approximate surface area is 97.0 Å². The second-order valence-electron chi connectivity index (χ2n) is 3.56. The summed E-state index contributed by atoms with van der Waals surface area (Å²) in [4.78, 5) is 35.5. The van der Waals surface area contributed by atoms with E-state index in [1.54, 1.807) is 30.3 Å².